The van der Waals surface area contributed by atoms with Crippen LogP contribution in [0.2, 0.25) is 0 Å². The fourth-order valence-electron chi connectivity index (χ4n) is 1.79. The predicted octanol–water partition coefficient (Wildman–Crippen LogP) is 2.88. The Kier molecular flexibility index (Phi) is 4.17. The van der Waals surface area contributed by atoms with E-state index in [-0.39, 0.29) is 17.9 Å². The van der Waals surface area contributed by atoms with Crippen LogP contribution in [0.4, 0.5) is 0 Å². The Morgan fingerprint density at radius 1 is 1.25 bits per heavy atom. The van der Waals surface area contributed by atoms with Crippen LogP contribution in [-0.2, 0) is 4.79 Å². The molecule has 2 rings (SSSR count). The van der Waals surface area contributed by atoms with Crippen molar-refractivity contribution in [3.63, 3.8) is 0 Å². The van der Waals surface area contributed by atoms with Crippen molar-refractivity contribution in [3.8, 4) is 11.4 Å². The molecule has 1 N–H and O–H groups in total. The van der Waals surface area contributed by atoms with Crippen LogP contribution in [0.15, 0.2) is 28.8 Å². The number of benzene rings is 1. The van der Waals surface area contributed by atoms with Crippen LogP contribution in [0.5, 0.6) is 0 Å². The largest absolute Gasteiger partial charge is 0.344 e. The average Bonchev–Trinajstić information content (AvgIpc) is 2.88. The first-order valence-corrected chi connectivity index (χ1v) is 6.69. The number of rotatable bonds is 4. The zero-order valence-electron chi connectivity index (χ0n) is 12.2. The zero-order valence-corrected chi connectivity index (χ0v) is 12.2. The molecule has 1 heterocycles. The van der Waals surface area contributed by atoms with Crippen molar-refractivity contribution in [2.75, 3.05) is 0 Å². The smallest absolute Gasteiger partial charge is 0.249 e. The van der Waals surface area contributed by atoms with Crippen molar-refractivity contribution < 1.29 is 9.32 Å². The Bertz CT molecular complexity index is 605. The fourth-order valence-corrected chi connectivity index (χ4v) is 1.79. The summed E-state index contributed by atoms with van der Waals surface area (Å²) >= 11 is 0. The molecule has 1 amide bonds. The Morgan fingerprint density at radius 2 is 1.95 bits per heavy atom. The number of aromatic nitrogens is 2. The van der Waals surface area contributed by atoms with Gasteiger partial charge in [-0.3, -0.25) is 4.79 Å². The monoisotopic (exact) mass is 273 g/mol. The van der Waals surface area contributed by atoms with Crippen LogP contribution < -0.4 is 5.32 Å². The number of nitrogens with zero attached hydrogens (tertiary/aromatic N) is 2. The lowest BCUT2D eigenvalue weighted by molar-refractivity contribution is -0.124. The van der Waals surface area contributed by atoms with Gasteiger partial charge in [0.25, 0.3) is 0 Å². The third-order valence-corrected chi connectivity index (χ3v) is 3.08. The van der Waals surface area contributed by atoms with Crippen LogP contribution in [0.3, 0.4) is 0 Å². The number of carbonyl (C=O) groups is 1. The summed E-state index contributed by atoms with van der Waals surface area (Å²) in [6.07, 6.45) is 0. The quantitative estimate of drug-likeness (QED) is 0.930. The number of hydrogen-bond donors (Lipinski definition) is 1. The van der Waals surface area contributed by atoms with Crippen LogP contribution in [0, 0.1) is 12.8 Å². The Balaban J connectivity index is 2.17. The first-order chi connectivity index (χ1) is 9.49. The minimum atomic E-state index is -0.296. The molecule has 0 bridgehead atoms. The molecule has 106 valence electrons. The predicted molar refractivity (Wildman–Crippen MR) is 75.9 cm³/mol. The molecule has 2 aromatic rings. The number of carbonyl (C=O) groups excluding carboxylic acids is 1. The molecule has 0 aliphatic rings. The molecule has 0 radical (unpaired) electrons. The number of nitrogens with one attached hydrogen (secondary N) is 1. The van der Waals surface area contributed by atoms with Gasteiger partial charge in [-0.15, -0.1) is 0 Å². The van der Waals surface area contributed by atoms with E-state index in [2.05, 4.69) is 15.5 Å². The molecule has 0 spiro atoms. The van der Waals surface area contributed by atoms with Crippen molar-refractivity contribution in [1.82, 2.24) is 15.5 Å². The number of aryl methyl sites for hydroxylation is 1. The van der Waals surface area contributed by atoms with Gasteiger partial charge < -0.3 is 9.84 Å². The highest BCUT2D eigenvalue weighted by atomic mass is 16.5. The Hall–Kier alpha value is -2.17. The van der Waals surface area contributed by atoms with E-state index < -0.39 is 0 Å². The standard InChI is InChI=1S/C15H19N3O2/c1-9(2)14(19)16-11(4)15-17-13(18-20-15)12-8-6-5-7-10(12)3/h5-9,11H,1-4H3,(H,16,19)/t11-/m1/s1. The second-order valence-electron chi connectivity index (χ2n) is 5.16. The van der Waals surface area contributed by atoms with E-state index in [9.17, 15) is 4.79 Å². The van der Waals surface area contributed by atoms with Crippen molar-refractivity contribution in [1.29, 1.82) is 0 Å². The first kappa shape index (κ1) is 14.2. The summed E-state index contributed by atoms with van der Waals surface area (Å²) in [5.41, 5.74) is 2.02. The van der Waals surface area contributed by atoms with Gasteiger partial charge in [-0.25, -0.2) is 0 Å². The molecule has 0 aliphatic heterocycles. The van der Waals surface area contributed by atoms with Gasteiger partial charge in [-0.2, -0.15) is 4.98 Å². The van der Waals surface area contributed by atoms with Crippen molar-refractivity contribution in [3.05, 3.63) is 35.7 Å². The van der Waals surface area contributed by atoms with Crippen molar-refractivity contribution in [2.24, 2.45) is 5.92 Å². The van der Waals surface area contributed by atoms with E-state index in [0.29, 0.717) is 11.7 Å². The van der Waals surface area contributed by atoms with Gasteiger partial charge in [0.1, 0.15) is 6.04 Å². The van der Waals surface area contributed by atoms with Crippen LogP contribution in [0.25, 0.3) is 11.4 Å². The third-order valence-electron chi connectivity index (χ3n) is 3.08. The summed E-state index contributed by atoms with van der Waals surface area (Å²) in [7, 11) is 0. The molecule has 0 fully saturated rings. The Labute approximate surface area is 118 Å². The summed E-state index contributed by atoms with van der Waals surface area (Å²) in [5, 5.41) is 6.82. The van der Waals surface area contributed by atoms with E-state index in [1.807, 2.05) is 52.0 Å². The maximum absolute atomic E-state index is 11.7. The van der Waals surface area contributed by atoms with Crippen LogP contribution in [0.1, 0.15) is 38.3 Å². The highest BCUT2D eigenvalue weighted by Gasteiger charge is 2.19. The second kappa shape index (κ2) is 5.86. The molecule has 0 unspecified atom stereocenters. The van der Waals surface area contributed by atoms with E-state index in [1.54, 1.807) is 0 Å². The molecule has 20 heavy (non-hydrogen) atoms. The lowest BCUT2D eigenvalue weighted by atomic mass is 10.1. The molecule has 0 aliphatic carbocycles. The normalized spacial score (nSPS) is 12.4. The zero-order chi connectivity index (χ0) is 14.7. The second-order valence-corrected chi connectivity index (χ2v) is 5.16. The Morgan fingerprint density at radius 3 is 2.60 bits per heavy atom. The minimum Gasteiger partial charge on any atom is -0.344 e. The van der Waals surface area contributed by atoms with Crippen LogP contribution in [-0.4, -0.2) is 16.0 Å². The van der Waals surface area contributed by atoms with Crippen LogP contribution >= 0.6 is 0 Å². The minimum absolute atomic E-state index is 0.0341. The number of hydrogen-bond acceptors (Lipinski definition) is 4. The molecule has 1 aromatic carbocycles. The van der Waals surface area contributed by atoms with Gasteiger partial charge in [0.15, 0.2) is 0 Å². The van der Waals surface area contributed by atoms with E-state index >= 15 is 0 Å². The van der Waals surface area contributed by atoms with E-state index in [0.717, 1.165) is 11.1 Å². The molecule has 1 aromatic heterocycles. The SMILES string of the molecule is Cc1ccccc1-c1noc([C@@H](C)NC(=O)C(C)C)n1. The summed E-state index contributed by atoms with van der Waals surface area (Å²) in [6, 6.07) is 7.54. The summed E-state index contributed by atoms with van der Waals surface area (Å²) in [6.45, 7) is 7.51. The highest BCUT2D eigenvalue weighted by molar-refractivity contribution is 5.78. The average molecular weight is 273 g/mol. The molecule has 5 nitrogen and oxygen atoms in total. The molecule has 1 atom stereocenters. The van der Waals surface area contributed by atoms with Gasteiger partial charge in [-0.1, -0.05) is 43.3 Å². The molecular weight excluding hydrogens is 254 g/mol. The summed E-state index contributed by atoms with van der Waals surface area (Å²) in [5.74, 6) is 0.852. The van der Waals surface area contributed by atoms with Gasteiger partial charge in [0, 0.05) is 11.5 Å². The van der Waals surface area contributed by atoms with Crippen molar-refractivity contribution >= 4 is 5.91 Å². The summed E-state index contributed by atoms with van der Waals surface area (Å²) < 4.78 is 5.24. The lowest BCUT2D eigenvalue weighted by Crippen LogP contribution is -2.30. The molecule has 0 saturated carbocycles. The lowest BCUT2D eigenvalue weighted by Gasteiger charge is -2.11. The topological polar surface area (TPSA) is 68.0 Å². The van der Waals surface area contributed by atoms with E-state index in [4.69, 9.17) is 4.52 Å². The number of amides is 1. The summed E-state index contributed by atoms with van der Waals surface area (Å²) in [4.78, 5) is 16.0. The molecular formula is C15H19N3O2. The third kappa shape index (κ3) is 3.04. The van der Waals surface area contributed by atoms with E-state index in [1.165, 1.54) is 0 Å². The van der Waals surface area contributed by atoms with Gasteiger partial charge >= 0.3 is 0 Å². The molecule has 5 heteroatoms. The van der Waals surface area contributed by atoms with Gasteiger partial charge in [0.2, 0.25) is 17.6 Å². The molecule has 0 saturated heterocycles. The fraction of sp³-hybridized carbons (Fsp3) is 0.400. The first-order valence-electron chi connectivity index (χ1n) is 6.69. The highest BCUT2D eigenvalue weighted by Crippen LogP contribution is 2.21. The van der Waals surface area contributed by atoms with Crippen molar-refractivity contribution in [2.45, 2.75) is 33.7 Å². The van der Waals surface area contributed by atoms with Gasteiger partial charge in [0.05, 0.1) is 0 Å². The van der Waals surface area contributed by atoms with Gasteiger partial charge in [-0.05, 0) is 19.4 Å². The maximum Gasteiger partial charge on any atom is 0.249 e. The maximum atomic E-state index is 11.7.